The number of hydrogen-bond donors (Lipinski definition) is 3. The maximum Gasteiger partial charge on any atom is 0.255 e. The fourth-order valence-corrected chi connectivity index (χ4v) is 4.49. The van der Waals surface area contributed by atoms with E-state index >= 15 is 0 Å². The molecule has 1 amide bonds. The second kappa shape index (κ2) is 8.99. The SMILES string of the molecule is COc1ccc(C(=O)Nc2cccc3cn[nH]c23)cc1S(=O)(=O)NCc1ccc(Cl)cc1. The number of halogens is 1. The molecule has 10 heteroatoms. The highest BCUT2D eigenvalue weighted by Crippen LogP contribution is 2.27. The molecule has 0 atom stereocenters. The summed E-state index contributed by atoms with van der Waals surface area (Å²) in [6.45, 7) is 0.0565. The molecule has 0 aliphatic rings. The molecule has 32 heavy (non-hydrogen) atoms. The first-order chi connectivity index (χ1) is 15.4. The molecule has 0 aliphatic carbocycles. The number of fused-ring (bicyclic) bond motifs is 1. The van der Waals surface area contributed by atoms with Gasteiger partial charge in [-0.2, -0.15) is 5.10 Å². The van der Waals surface area contributed by atoms with E-state index in [4.69, 9.17) is 16.3 Å². The second-order valence-electron chi connectivity index (χ2n) is 6.91. The number of H-pyrrole nitrogens is 1. The van der Waals surface area contributed by atoms with Crippen LogP contribution in [0.5, 0.6) is 5.75 Å². The zero-order chi connectivity index (χ0) is 22.7. The summed E-state index contributed by atoms with van der Waals surface area (Å²) in [6.07, 6.45) is 1.65. The minimum Gasteiger partial charge on any atom is -0.495 e. The molecule has 1 heterocycles. The van der Waals surface area contributed by atoms with Crippen LogP contribution in [0, 0.1) is 0 Å². The number of carbonyl (C=O) groups is 1. The van der Waals surface area contributed by atoms with E-state index in [-0.39, 0.29) is 22.8 Å². The van der Waals surface area contributed by atoms with Crippen LogP contribution in [0.25, 0.3) is 10.9 Å². The molecular weight excluding hydrogens is 452 g/mol. The Balaban J connectivity index is 1.59. The van der Waals surface area contributed by atoms with E-state index in [2.05, 4.69) is 20.2 Å². The molecule has 0 bridgehead atoms. The Morgan fingerprint density at radius 1 is 1.12 bits per heavy atom. The fraction of sp³-hybridized carbons (Fsp3) is 0.0909. The van der Waals surface area contributed by atoms with Crippen molar-refractivity contribution < 1.29 is 17.9 Å². The number of ether oxygens (including phenoxy) is 1. The zero-order valence-electron chi connectivity index (χ0n) is 16.9. The normalized spacial score (nSPS) is 11.4. The van der Waals surface area contributed by atoms with Gasteiger partial charge in [0.1, 0.15) is 10.6 Å². The van der Waals surface area contributed by atoms with E-state index in [1.54, 1.807) is 42.6 Å². The molecule has 0 saturated carbocycles. The summed E-state index contributed by atoms with van der Waals surface area (Å²) >= 11 is 5.87. The number of benzene rings is 3. The summed E-state index contributed by atoms with van der Waals surface area (Å²) in [6, 6.07) is 16.4. The Labute approximate surface area is 189 Å². The minimum absolute atomic E-state index is 0.0565. The van der Waals surface area contributed by atoms with Gasteiger partial charge in [0.05, 0.1) is 24.5 Å². The highest BCUT2D eigenvalue weighted by molar-refractivity contribution is 7.89. The molecule has 4 rings (SSSR count). The smallest absolute Gasteiger partial charge is 0.255 e. The van der Waals surface area contributed by atoms with Crippen molar-refractivity contribution in [1.29, 1.82) is 0 Å². The summed E-state index contributed by atoms with van der Waals surface area (Å²) in [7, 11) is -2.60. The molecule has 0 unspecified atom stereocenters. The predicted octanol–water partition coefficient (Wildman–Crippen LogP) is 3.96. The average molecular weight is 471 g/mol. The minimum atomic E-state index is -3.97. The number of amides is 1. The van der Waals surface area contributed by atoms with Gasteiger partial charge < -0.3 is 10.1 Å². The molecule has 0 radical (unpaired) electrons. The van der Waals surface area contributed by atoms with Crippen molar-refractivity contribution in [2.75, 3.05) is 12.4 Å². The number of anilines is 1. The Kier molecular flexibility index (Phi) is 6.13. The van der Waals surface area contributed by atoms with Gasteiger partial charge in [-0.1, -0.05) is 35.9 Å². The third kappa shape index (κ3) is 4.59. The number of nitrogens with one attached hydrogen (secondary N) is 3. The highest BCUT2D eigenvalue weighted by Gasteiger charge is 2.22. The molecule has 3 N–H and O–H groups in total. The number of hydrogen-bond acceptors (Lipinski definition) is 5. The Bertz CT molecular complexity index is 1380. The monoisotopic (exact) mass is 470 g/mol. The van der Waals surface area contributed by atoms with E-state index in [1.165, 1.54) is 25.3 Å². The first-order valence-electron chi connectivity index (χ1n) is 9.53. The van der Waals surface area contributed by atoms with Crippen LogP contribution in [0.15, 0.2) is 71.8 Å². The van der Waals surface area contributed by atoms with E-state index < -0.39 is 15.9 Å². The Morgan fingerprint density at radius 3 is 2.66 bits per heavy atom. The summed E-state index contributed by atoms with van der Waals surface area (Å²) < 4.78 is 33.7. The van der Waals surface area contributed by atoms with Crippen LogP contribution in [0.1, 0.15) is 15.9 Å². The summed E-state index contributed by atoms with van der Waals surface area (Å²) in [5.74, 6) is -0.343. The molecule has 0 spiro atoms. The molecule has 164 valence electrons. The van der Waals surface area contributed by atoms with Crippen LogP contribution in [0.4, 0.5) is 5.69 Å². The zero-order valence-corrected chi connectivity index (χ0v) is 18.5. The predicted molar refractivity (Wildman–Crippen MR) is 123 cm³/mol. The molecule has 0 aliphatic heterocycles. The van der Waals surface area contributed by atoms with Crippen LogP contribution in [-0.4, -0.2) is 31.6 Å². The van der Waals surface area contributed by atoms with Gasteiger partial charge in [-0.05, 0) is 42.0 Å². The number of sulfonamides is 1. The van der Waals surface area contributed by atoms with Crippen molar-refractivity contribution in [2.24, 2.45) is 0 Å². The average Bonchev–Trinajstić information content (AvgIpc) is 3.28. The topological polar surface area (TPSA) is 113 Å². The number of aromatic nitrogens is 2. The van der Waals surface area contributed by atoms with Crippen LogP contribution < -0.4 is 14.8 Å². The van der Waals surface area contributed by atoms with Crippen molar-refractivity contribution in [2.45, 2.75) is 11.4 Å². The van der Waals surface area contributed by atoms with Gasteiger partial charge >= 0.3 is 0 Å². The third-order valence-corrected chi connectivity index (χ3v) is 6.49. The van der Waals surface area contributed by atoms with Gasteiger partial charge in [0.15, 0.2) is 0 Å². The number of carbonyl (C=O) groups excluding carboxylic acids is 1. The molecule has 3 aromatic carbocycles. The molecular formula is C22H19ClN4O4S. The largest absolute Gasteiger partial charge is 0.495 e. The van der Waals surface area contributed by atoms with E-state index in [1.807, 2.05) is 6.07 Å². The maximum absolute atomic E-state index is 13.0. The van der Waals surface area contributed by atoms with Gasteiger partial charge in [0.2, 0.25) is 10.0 Å². The summed E-state index contributed by atoms with van der Waals surface area (Å²) in [5.41, 5.74) is 2.10. The number of methoxy groups -OCH3 is 1. The van der Waals surface area contributed by atoms with Gasteiger partial charge in [-0.25, -0.2) is 13.1 Å². The first-order valence-corrected chi connectivity index (χ1v) is 11.4. The number of para-hydroxylation sites is 1. The maximum atomic E-state index is 13.0. The van der Waals surface area contributed by atoms with Gasteiger partial charge in [0, 0.05) is 22.5 Å². The summed E-state index contributed by atoms with van der Waals surface area (Å²) in [5, 5.41) is 11.0. The number of rotatable bonds is 7. The van der Waals surface area contributed by atoms with Crippen molar-refractivity contribution in [1.82, 2.24) is 14.9 Å². The van der Waals surface area contributed by atoms with Crippen molar-refractivity contribution in [3.05, 3.63) is 83.0 Å². The third-order valence-electron chi connectivity index (χ3n) is 4.82. The Hall–Kier alpha value is -3.40. The lowest BCUT2D eigenvalue weighted by molar-refractivity contribution is 0.102. The van der Waals surface area contributed by atoms with E-state index in [9.17, 15) is 13.2 Å². The molecule has 8 nitrogen and oxygen atoms in total. The lowest BCUT2D eigenvalue weighted by Crippen LogP contribution is -2.24. The molecule has 1 aromatic heterocycles. The standard InChI is InChI=1S/C22H19ClN4O4S/c1-31-19-10-7-15(22(28)26-18-4-2-3-16-13-24-27-21(16)18)11-20(19)32(29,30)25-12-14-5-8-17(23)9-6-14/h2-11,13,25H,12H2,1H3,(H,24,27)(H,26,28). The van der Waals surface area contributed by atoms with Gasteiger partial charge in [0.25, 0.3) is 5.91 Å². The van der Waals surface area contributed by atoms with Crippen LogP contribution in [0.2, 0.25) is 5.02 Å². The number of aromatic amines is 1. The van der Waals surface area contributed by atoms with Gasteiger partial charge in [-0.15, -0.1) is 0 Å². The van der Waals surface area contributed by atoms with Crippen molar-refractivity contribution >= 4 is 44.1 Å². The lowest BCUT2D eigenvalue weighted by atomic mass is 10.2. The fourth-order valence-electron chi connectivity index (χ4n) is 3.15. The highest BCUT2D eigenvalue weighted by atomic mass is 35.5. The molecule has 0 saturated heterocycles. The van der Waals surface area contributed by atoms with Crippen LogP contribution in [-0.2, 0) is 16.6 Å². The van der Waals surface area contributed by atoms with Crippen molar-refractivity contribution in [3.8, 4) is 5.75 Å². The molecule has 0 fully saturated rings. The van der Waals surface area contributed by atoms with Crippen LogP contribution >= 0.6 is 11.6 Å². The summed E-state index contributed by atoms with van der Waals surface area (Å²) in [4.78, 5) is 12.7. The van der Waals surface area contributed by atoms with Crippen molar-refractivity contribution in [3.63, 3.8) is 0 Å². The van der Waals surface area contributed by atoms with E-state index in [0.717, 1.165) is 10.9 Å². The molecule has 4 aromatic rings. The Morgan fingerprint density at radius 2 is 1.91 bits per heavy atom. The van der Waals surface area contributed by atoms with E-state index in [0.29, 0.717) is 16.2 Å². The second-order valence-corrected chi connectivity index (χ2v) is 9.08. The quantitative estimate of drug-likeness (QED) is 0.378. The van der Waals surface area contributed by atoms with Gasteiger partial charge in [-0.3, -0.25) is 9.89 Å². The number of nitrogens with zero attached hydrogens (tertiary/aromatic N) is 1. The first kappa shape index (κ1) is 21.8. The lowest BCUT2D eigenvalue weighted by Gasteiger charge is -2.13. The van der Waals surface area contributed by atoms with Crippen LogP contribution in [0.3, 0.4) is 0 Å².